The minimum atomic E-state index is 0.191. The fourth-order valence-corrected chi connectivity index (χ4v) is 2.91. The zero-order chi connectivity index (χ0) is 23.8. The van der Waals surface area contributed by atoms with Crippen LogP contribution >= 0.6 is 0 Å². The molecule has 0 saturated heterocycles. The summed E-state index contributed by atoms with van der Waals surface area (Å²) >= 11 is 0. The lowest BCUT2D eigenvalue weighted by molar-refractivity contribution is 0.415. The Morgan fingerprint density at radius 2 is 0.941 bits per heavy atom. The zero-order valence-electron chi connectivity index (χ0n) is 18.7. The summed E-state index contributed by atoms with van der Waals surface area (Å²) in [4.78, 5) is 0. The van der Waals surface area contributed by atoms with Gasteiger partial charge in [0.2, 0.25) is 0 Å². The van der Waals surface area contributed by atoms with E-state index in [2.05, 4.69) is 30.7 Å². The number of nitrogens with zero attached hydrogens (tertiary/aromatic N) is 6. The van der Waals surface area contributed by atoms with Crippen LogP contribution in [0.4, 0.5) is 34.1 Å². The van der Waals surface area contributed by atoms with Crippen LogP contribution in [0, 0.1) is 6.92 Å². The number of ether oxygens (including phenoxy) is 1. The predicted molar refractivity (Wildman–Crippen MR) is 131 cm³/mol. The van der Waals surface area contributed by atoms with E-state index >= 15 is 0 Å². The lowest BCUT2D eigenvalue weighted by Gasteiger charge is -2.01. The van der Waals surface area contributed by atoms with Crippen molar-refractivity contribution in [1.29, 1.82) is 0 Å². The molecule has 8 nitrogen and oxygen atoms in total. The van der Waals surface area contributed by atoms with Gasteiger partial charge in [0.25, 0.3) is 0 Å². The summed E-state index contributed by atoms with van der Waals surface area (Å²) in [7, 11) is 1.63. The summed E-state index contributed by atoms with van der Waals surface area (Å²) in [6.45, 7) is 1.95. The maximum absolute atomic E-state index is 9.31. The van der Waals surface area contributed by atoms with E-state index < -0.39 is 0 Å². The first-order chi connectivity index (χ1) is 16.6. The van der Waals surface area contributed by atoms with Gasteiger partial charge >= 0.3 is 0 Å². The molecule has 0 bridgehead atoms. The van der Waals surface area contributed by atoms with Crippen molar-refractivity contribution in [3.8, 4) is 11.5 Å². The molecule has 0 saturated carbocycles. The second kappa shape index (κ2) is 10.7. The number of rotatable bonds is 7. The maximum Gasteiger partial charge on any atom is 0.119 e. The van der Waals surface area contributed by atoms with E-state index in [1.54, 1.807) is 31.4 Å². The van der Waals surface area contributed by atoms with E-state index in [0.29, 0.717) is 17.1 Å². The van der Waals surface area contributed by atoms with Crippen molar-refractivity contribution in [2.45, 2.75) is 6.92 Å². The topological polar surface area (TPSA) is 104 Å². The molecule has 0 aliphatic rings. The number of methoxy groups -OCH3 is 1. The van der Waals surface area contributed by atoms with Gasteiger partial charge in [0.15, 0.2) is 0 Å². The first kappa shape index (κ1) is 22.5. The largest absolute Gasteiger partial charge is 0.508 e. The molecule has 168 valence electrons. The van der Waals surface area contributed by atoms with Crippen LogP contribution in [-0.4, -0.2) is 12.2 Å². The minimum absolute atomic E-state index is 0.191. The Balaban J connectivity index is 1.39. The monoisotopic (exact) mass is 450 g/mol. The highest BCUT2D eigenvalue weighted by atomic mass is 16.5. The number of benzene rings is 4. The van der Waals surface area contributed by atoms with Gasteiger partial charge in [-0.3, -0.25) is 0 Å². The Kier molecular flexibility index (Phi) is 7.09. The van der Waals surface area contributed by atoms with Crippen LogP contribution in [0.1, 0.15) is 5.56 Å². The van der Waals surface area contributed by atoms with Crippen molar-refractivity contribution in [3.63, 3.8) is 0 Å². The van der Waals surface area contributed by atoms with Gasteiger partial charge < -0.3 is 9.84 Å². The number of aryl methyl sites for hydroxylation is 1. The summed E-state index contributed by atoms with van der Waals surface area (Å²) < 4.78 is 5.14. The van der Waals surface area contributed by atoms with Gasteiger partial charge in [-0.2, -0.15) is 30.7 Å². The Morgan fingerprint density at radius 1 is 0.529 bits per heavy atom. The van der Waals surface area contributed by atoms with Crippen LogP contribution in [0.2, 0.25) is 0 Å². The molecular weight excluding hydrogens is 428 g/mol. The molecule has 0 unspecified atom stereocenters. The van der Waals surface area contributed by atoms with Crippen molar-refractivity contribution >= 4 is 34.1 Å². The Labute approximate surface area is 197 Å². The van der Waals surface area contributed by atoms with Crippen LogP contribution in [0.5, 0.6) is 11.5 Å². The van der Waals surface area contributed by atoms with Gasteiger partial charge in [-0.15, -0.1) is 0 Å². The number of phenolic OH excluding ortho intramolecular Hbond substituents is 1. The van der Waals surface area contributed by atoms with Gasteiger partial charge in [-0.1, -0.05) is 0 Å². The third-order valence-electron chi connectivity index (χ3n) is 4.79. The normalized spacial score (nSPS) is 11.6. The van der Waals surface area contributed by atoms with Gasteiger partial charge in [0, 0.05) is 0 Å². The second-order valence-corrected chi connectivity index (χ2v) is 7.30. The van der Waals surface area contributed by atoms with Crippen LogP contribution in [0.3, 0.4) is 0 Å². The molecule has 0 atom stereocenters. The van der Waals surface area contributed by atoms with Gasteiger partial charge in [-0.25, -0.2) is 0 Å². The molecular formula is C26H22N6O2. The third kappa shape index (κ3) is 6.17. The van der Waals surface area contributed by atoms with Crippen molar-refractivity contribution in [2.24, 2.45) is 30.7 Å². The van der Waals surface area contributed by atoms with E-state index in [1.165, 1.54) is 0 Å². The lowest BCUT2D eigenvalue weighted by atomic mass is 10.2. The number of hydrogen-bond acceptors (Lipinski definition) is 8. The standard InChI is InChI=1S/C26H22N6O2/c1-18-17-23(31-29-22-9-14-25(34-2)15-10-22)11-16-26(18)32-30-20-5-3-19(4-6-20)27-28-21-7-12-24(33)13-8-21/h3-17,33H,1-2H3. The van der Waals surface area contributed by atoms with Gasteiger partial charge in [-0.05, 0) is 103 Å². The van der Waals surface area contributed by atoms with Crippen LogP contribution < -0.4 is 4.74 Å². The third-order valence-corrected chi connectivity index (χ3v) is 4.79. The number of aromatic hydroxyl groups is 1. The van der Waals surface area contributed by atoms with Crippen molar-refractivity contribution in [1.82, 2.24) is 0 Å². The number of azo groups is 3. The molecule has 0 aliphatic carbocycles. The number of hydrogen-bond donors (Lipinski definition) is 1. The quantitative estimate of drug-likeness (QED) is 0.284. The highest BCUT2D eigenvalue weighted by molar-refractivity contribution is 5.54. The summed E-state index contributed by atoms with van der Waals surface area (Å²) in [5.41, 5.74) is 5.21. The Morgan fingerprint density at radius 3 is 1.44 bits per heavy atom. The molecule has 1 N–H and O–H groups in total. The Bertz CT molecular complexity index is 1330. The average Bonchev–Trinajstić information content (AvgIpc) is 2.87. The van der Waals surface area contributed by atoms with E-state index in [-0.39, 0.29) is 5.75 Å². The first-order valence-corrected chi connectivity index (χ1v) is 10.5. The second-order valence-electron chi connectivity index (χ2n) is 7.30. The van der Waals surface area contributed by atoms with E-state index in [4.69, 9.17) is 4.74 Å². The van der Waals surface area contributed by atoms with Gasteiger partial charge in [0.05, 0.1) is 41.2 Å². The molecule has 4 aromatic rings. The fourth-order valence-electron chi connectivity index (χ4n) is 2.91. The smallest absolute Gasteiger partial charge is 0.119 e. The zero-order valence-corrected chi connectivity index (χ0v) is 18.7. The Hall–Kier alpha value is -4.72. The minimum Gasteiger partial charge on any atom is -0.508 e. The summed E-state index contributed by atoms with van der Waals surface area (Å²) in [6, 6.07) is 26.8. The molecule has 4 rings (SSSR count). The van der Waals surface area contributed by atoms with Crippen molar-refractivity contribution in [3.05, 3.63) is 96.6 Å². The molecule has 0 radical (unpaired) electrons. The summed E-state index contributed by atoms with van der Waals surface area (Å²) in [5.74, 6) is 0.967. The molecule has 0 spiro atoms. The van der Waals surface area contributed by atoms with Crippen LogP contribution in [0.15, 0.2) is 122 Å². The maximum atomic E-state index is 9.31. The summed E-state index contributed by atoms with van der Waals surface area (Å²) in [6.07, 6.45) is 0. The molecule has 0 heterocycles. The van der Waals surface area contributed by atoms with Crippen molar-refractivity contribution < 1.29 is 9.84 Å². The van der Waals surface area contributed by atoms with Gasteiger partial charge in [0.1, 0.15) is 11.5 Å². The van der Waals surface area contributed by atoms with Crippen molar-refractivity contribution in [2.75, 3.05) is 7.11 Å². The highest BCUT2D eigenvalue weighted by Crippen LogP contribution is 2.28. The van der Waals surface area contributed by atoms with E-state index in [1.807, 2.05) is 73.7 Å². The highest BCUT2D eigenvalue weighted by Gasteiger charge is 2.00. The molecule has 0 amide bonds. The first-order valence-electron chi connectivity index (χ1n) is 10.5. The molecule has 0 fully saturated rings. The van der Waals surface area contributed by atoms with Crippen LogP contribution in [0.25, 0.3) is 0 Å². The fraction of sp³-hybridized carbons (Fsp3) is 0.0769. The lowest BCUT2D eigenvalue weighted by Crippen LogP contribution is -1.79. The van der Waals surface area contributed by atoms with E-state index in [0.717, 1.165) is 28.4 Å². The number of phenols is 1. The molecule has 8 heteroatoms. The average molecular weight is 451 g/mol. The molecule has 4 aromatic carbocycles. The summed E-state index contributed by atoms with van der Waals surface area (Å²) in [5, 5.41) is 34.8. The van der Waals surface area contributed by atoms with E-state index in [9.17, 15) is 5.11 Å². The molecule has 0 aliphatic heterocycles. The molecule has 0 aromatic heterocycles. The molecule has 34 heavy (non-hydrogen) atoms. The van der Waals surface area contributed by atoms with Crippen LogP contribution in [-0.2, 0) is 0 Å². The SMILES string of the molecule is COc1ccc(N=Nc2ccc(N=Nc3ccc(N=Nc4ccc(O)cc4)cc3)c(C)c2)cc1. The predicted octanol–water partition coefficient (Wildman–Crippen LogP) is 8.96.